The molecule has 0 radical (unpaired) electrons. The highest BCUT2D eigenvalue weighted by molar-refractivity contribution is 6.32. The van der Waals surface area contributed by atoms with Crippen molar-refractivity contribution in [3.8, 4) is 5.75 Å². The van der Waals surface area contributed by atoms with Gasteiger partial charge in [0.15, 0.2) is 0 Å². The van der Waals surface area contributed by atoms with E-state index < -0.39 is 0 Å². The molecule has 27 heavy (non-hydrogen) atoms. The number of esters is 1. The van der Waals surface area contributed by atoms with Crippen molar-refractivity contribution in [2.24, 2.45) is 0 Å². The van der Waals surface area contributed by atoms with E-state index in [1.165, 1.54) is 13.2 Å². The second-order valence-corrected chi connectivity index (χ2v) is 5.68. The van der Waals surface area contributed by atoms with E-state index in [0.29, 0.717) is 5.02 Å². The highest BCUT2D eigenvalue weighted by atomic mass is 35.5. The van der Waals surface area contributed by atoms with Crippen molar-refractivity contribution >= 4 is 23.6 Å². The van der Waals surface area contributed by atoms with Gasteiger partial charge in [0, 0.05) is 6.08 Å². The smallest absolute Gasteiger partial charge is 0.330 e. The molecule has 0 bridgehead atoms. The van der Waals surface area contributed by atoms with E-state index in [9.17, 15) is 9.90 Å². The van der Waals surface area contributed by atoms with Crippen molar-refractivity contribution in [1.82, 2.24) is 0 Å². The van der Waals surface area contributed by atoms with Crippen molar-refractivity contribution in [1.29, 1.82) is 0 Å². The molecule has 0 aliphatic carbocycles. The fourth-order valence-electron chi connectivity index (χ4n) is 1.87. The van der Waals surface area contributed by atoms with Crippen molar-refractivity contribution in [3.05, 3.63) is 107 Å². The van der Waals surface area contributed by atoms with Crippen LogP contribution in [0.4, 0.5) is 0 Å². The van der Waals surface area contributed by atoms with Gasteiger partial charge in [-0.25, -0.2) is 4.79 Å². The average molecular weight is 383 g/mol. The lowest BCUT2D eigenvalue weighted by molar-refractivity contribution is -0.134. The zero-order valence-electron chi connectivity index (χ0n) is 15.4. The van der Waals surface area contributed by atoms with Gasteiger partial charge in [0.2, 0.25) is 0 Å². The van der Waals surface area contributed by atoms with E-state index in [0.717, 1.165) is 11.1 Å². The molecule has 0 aromatic heterocycles. The lowest BCUT2D eigenvalue weighted by Crippen LogP contribution is -1.92. The fourth-order valence-corrected chi connectivity index (χ4v) is 2.07. The Bertz CT molecular complexity index is 822. The molecule has 0 spiro atoms. The molecule has 0 aliphatic heterocycles. The number of benzene rings is 1. The number of rotatable bonds is 8. The van der Waals surface area contributed by atoms with E-state index in [1.807, 2.05) is 79.8 Å². The predicted molar refractivity (Wildman–Crippen MR) is 114 cm³/mol. The van der Waals surface area contributed by atoms with Gasteiger partial charge in [0.25, 0.3) is 0 Å². The number of phenols is 1. The molecule has 0 unspecified atom stereocenters. The van der Waals surface area contributed by atoms with Crippen molar-refractivity contribution in [3.63, 3.8) is 0 Å². The van der Waals surface area contributed by atoms with Crippen LogP contribution in [-0.4, -0.2) is 18.2 Å². The molecule has 4 heteroatoms. The summed E-state index contributed by atoms with van der Waals surface area (Å²) in [5, 5.41) is 10.1. The minimum Gasteiger partial charge on any atom is -0.506 e. The van der Waals surface area contributed by atoms with Gasteiger partial charge in [0.1, 0.15) is 5.75 Å². The first-order valence-electron chi connectivity index (χ1n) is 8.30. The van der Waals surface area contributed by atoms with Crippen LogP contribution in [0, 0.1) is 6.92 Å². The van der Waals surface area contributed by atoms with Gasteiger partial charge in [0.05, 0.1) is 12.1 Å². The highest BCUT2D eigenvalue weighted by Crippen LogP contribution is 2.29. The average Bonchev–Trinajstić information content (AvgIpc) is 2.67. The van der Waals surface area contributed by atoms with Crippen molar-refractivity contribution < 1.29 is 14.6 Å². The molecule has 0 heterocycles. The summed E-state index contributed by atoms with van der Waals surface area (Å²) in [6.45, 7) is 1.83. The minimum atomic E-state index is -0.377. The predicted octanol–water partition coefficient (Wildman–Crippen LogP) is 5.88. The first-order chi connectivity index (χ1) is 13.1. The Hall–Kier alpha value is -3.04. The Morgan fingerprint density at radius 2 is 1.37 bits per heavy atom. The van der Waals surface area contributed by atoms with Crippen LogP contribution >= 0.6 is 11.6 Å². The second kappa shape index (κ2) is 13.2. The van der Waals surface area contributed by atoms with Gasteiger partial charge in [-0.15, -0.1) is 0 Å². The largest absolute Gasteiger partial charge is 0.506 e. The molecule has 0 aliphatic rings. The van der Waals surface area contributed by atoms with Gasteiger partial charge in [-0.2, -0.15) is 0 Å². The SMILES string of the molecule is COC(=O)C=CC=CC=CC=CC=CC=CC=Cc1ccc(Cl)c(O)c1C. The molecular formula is C23H23ClO3. The quantitative estimate of drug-likeness (QED) is 0.347. The molecule has 3 nitrogen and oxygen atoms in total. The van der Waals surface area contributed by atoms with Gasteiger partial charge in [-0.1, -0.05) is 96.7 Å². The molecule has 1 rings (SSSR count). The summed E-state index contributed by atoms with van der Waals surface area (Å²) in [6, 6.07) is 3.54. The lowest BCUT2D eigenvalue weighted by Gasteiger charge is -2.04. The van der Waals surface area contributed by atoms with Gasteiger partial charge in [-0.05, 0) is 24.1 Å². The van der Waals surface area contributed by atoms with Crippen LogP contribution in [0.5, 0.6) is 5.75 Å². The van der Waals surface area contributed by atoms with Crippen LogP contribution in [0.15, 0.2) is 91.1 Å². The van der Waals surface area contributed by atoms with E-state index in [1.54, 1.807) is 18.2 Å². The Balaban J connectivity index is 2.38. The van der Waals surface area contributed by atoms with E-state index in [-0.39, 0.29) is 11.7 Å². The molecule has 0 saturated heterocycles. The third-order valence-electron chi connectivity index (χ3n) is 3.36. The number of ether oxygens (including phenoxy) is 1. The number of phenolic OH excluding ortho intramolecular Hbond substituents is 1. The number of halogens is 1. The normalized spacial score (nSPS) is 13.0. The van der Waals surface area contributed by atoms with Gasteiger partial charge >= 0.3 is 5.97 Å². The Labute approximate surface area is 165 Å². The number of allylic oxidation sites excluding steroid dienone is 12. The maximum atomic E-state index is 10.8. The van der Waals surface area contributed by atoms with Crippen LogP contribution in [0.1, 0.15) is 11.1 Å². The van der Waals surface area contributed by atoms with Crippen molar-refractivity contribution in [2.75, 3.05) is 7.11 Å². The maximum absolute atomic E-state index is 10.8. The zero-order chi connectivity index (χ0) is 19.9. The molecule has 1 aromatic rings. The summed E-state index contributed by atoms with van der Waals surface area (Å²) < 4.78 is 4.47. The summed E-state index contributed by atoms with van der Waals surface area (Å²) in [6.07, 6.45) is 25.5. The molecule has 140 valence electrons. The van der Waals surface area contributed by atoms with Crippen molar-refractivity contribution in [2.45, 2.75) is 6.92 Å². The Morgan fingerprint density at radius 3 is 1.89 bits per heavy atom. The standard InChI is InChI=1S/C23H23ClO3/c1-19-20(17-18-21(24)23(19)26)15-13-11-9-7-5-3-4-6-8-10-12-14-16-22(25)27-2/h3-18,26H,1-2H3. The van der Waals surface area contributed by atoms with Crippen LogP contribution in [-0.2, 0) is 9.53 Å². The molecule has 0 atom stereocenters. The number of hydrogen-bond acceptors (Lipinski definition) is 3. The third kappa shape index (κ3) is 9.28. The molecular weight excluding hydrogens is 360 g/mol. The molecule has 1 N–H and O–H groups in total. The topological polar surface area (TPSA) is 46.5 Å². The second-order valence-electron chi connectivity index (χ2n) is 5.28. The summed E-state index contributed by atoms with van der Waals surface area (Å²) in [4.78, 5) is 10.8. The lowest BCUT2D eigenvalue weighted by atomic mass is 10.1. The van der Waals surface area contributed by atoms with E-state index in [2.05, 4.69) is 4.74 Å². The fraction of sp³-hybridized carbons (Fsp3) is 0.0870. The summed E-state index contributed by atoms with van der Waals surface area (Å²) in [5.74, 6) is -0.256. The number of aromatic hydroxyl groups is 1. The first-order valence-corrected chi connectivity index (χ1v) is 8.68. The van der Waals surface area contributed by atoms with Crippen LogP contribution in [0.25, 0.3) is 6.08 Å². The minimum absolute atomic E-state index is 0.121. The summed E-state index contributed by atoms with van der Waals surface area (Å²) in [7, 11) is 1.34. The maximum Gasteiger partial charge on any atom is 0.330 e. The van der Waals surface area contributed by atoms with Crippen LogP contribution in [0.2, 0.25) is 5.02 Å². The zero-order valence-corrected chi connectivity index (χ0v) is 16.1. The third-order valence-corrected chi connectivity index (χ3v) is 3.66. The van der Waals surface area contributed by atoms with Crippen LogP contribution in [0.3, 0.4) is 0 Å². The highest BCUT2D eigenvalue weighted by Gasteiger charge is 2.04. The molecule has 1 aromatic carbocycles. The molecule has 0 amide bonds. The van der Waals surface area contributed by atoms with E-state index >= 15 is 0 Å². The Morgan fingerprint density at radius 1 is 0.889 bits per heavy atom. The summed E-state index contributed by atoms with van der Waals surface area (Å²) >= 11 is 5.86. The molecule has 0 fully saturated rings. The summed E-state index contributed by atoms with van der Waals surface area (Å²) in [5.41, 5.74) is 1.68. The number of carbonyl (C=O) groups excluding carboxylic acids is 1. The first kappa shape index (κ1) is 22.0. The van der Waals surface area contributed by atoms with Gasteiger partial charge in [-0.3, -0.25) is 0 Å². The monoisotopic (exact) mass is 382 g/mol. The Kier molecular flexibility index (Phi) is 10.8. The number of hydrogen-bond donors (Lipinski definition) is 1. The molecule has 0 saturated carbocycles. The van der Waals surface area contributed by atoms with E-state index in [4.69, 9.17) is 11.6 Å². The van der Waals surface area contributed by atoms with Gasteiger partial charge < -0.3 is 9.84 Å². The number of carbonyl (C=O) groups is 1. The van der Waals surface area contributed by atoms with Crippen LogP contribution < -0.4 is 0 Å². The number of methoxy groups -OCH3 is 1.